The largest absolute Gasteiger partial charge is 0.340 e. The Morgan fingerprint density at radius 3 is 2.79 bits per heavy atom. The lowest BCUT2D eigenvalue weighted by molar-refractivity contribution is -0.129. The lowest BCUT2D eigenvalue weighted by Crippen LogP contribution is -2.32. The van der Waals surface area contributed by atoms with Crippen LogP contribution < -0.4 is 0 Å². The van der Waals surface area contributed by atoms with Crippen LogP contribution in [0.3, 0.4) is 0 Å². The van der Waals surface area contributed by atoms with Crippen molar-refractivity contribution in [2.24, 2.45) is 7.05 Å². The van der Waals surface area contributed by atoms with Crippen LogP contribution in [0.2, 0.25) is 0 Å². The molecule has 0 unspecified atom stereocenters. The smallest absolute Gasteiger partial charge is 0.236 e. The molecule has 3 aromatic rings. The minimum atomic E-state index is -3.48. The highest BCUT2D eigenvalue weighted by Crippen LogP contribution is 2.46. The van der Waals surface area contributed by atoms with E-state index in [1.165, 1.54) is 0 Å². The summed E-state index contributed by atoms with van der Waals surface area (Å²) in [5.74, 6) is 0.264. The van der Waals surface area contributed by atoms with Gasteiger partial charge in [0, 0.05) is 37.8 Å². The van der Waals surface area contributed by atoms with Crippen molar-refractivity contribution in [2.75, 3.05) is 13.1 Å². The number of hydrogen-bond donors (Lipinski definition) is 0. The molecular formula is C19H19N5O4S. The van der Waals surface area contributed by atoms with Crippen molar-refractivity contribution >= 4 is 15.7 Å². The molecule has 0 saturated carbocycles. The number of likely N-dealkylation sites (tertiary alicyclic amines) is 1. The Kier molecular flexibility index (Phi) is 3.89. The fourth-order valence-corrected chi connectivity index (χ4v) is 6.42. The Bertz CT molecular complexity index is 1230. The van der Waals surface area contributed by atoms with Crippen LogP contribution in [0.15, 0.2) is 40.0 Å². The number of carbonyl (C=O) groups is 1. The van der Waals surface area contributed by atoms with Gasteiger partial charge in [-0.25, -0.2) is 8.42 Å². The van der Waals surface area contributed by atoms with Gasteiger partial charge in [-0.05, 0) is 30.2 Å². The number of carbonyl (C=O) groups excluding carboxylic acids is 1. The summed E-state index contributed by atoms with van der Waals surface area (Å²) in [6.07, 6.45) is 3.61. The molecule has 2 aliphatic heterocycles. The van der Waals surface area contributed by atoms with E-state index in [0.29, 0.717) is 17.3 Å². The minimum Gasteiger partial charge on any atom is -0.340 e. The second-order valence-electron chi connectivity index (χ2n) is 7.56. The maximum Gasteiger partial charge on any atom is 0.236 e. The molecule has 1 saturated heterocycles. The molecule has 0 spiro atoms. The summed E-state index contributed by atoms with van der Waals surface area (Å²) >= 11 is 0. The fourth-order valence-electron chi connectivity index (χ4n) is 4.25. The van der Waals surface area contributed by atoms with Crippen LogP contribution in [0.25, 0.3) is 11.1 Å². The van der Waals surface area contributed by atoms with E-state index in [4.69, 9.17) is 4.52 Å². The van der Waals surface area contributed by atoms with Crippen molar-refractivity contribution in [2.45, 2.75) is 29.4 Å². The van der Waals surface area contributed by atoms with E-state index < -0.39 is 15.1 Å². The summed E-state index contributed by atoms with van der Waals surface area (Å²) in [7, 11) is -1.64. The van der Waals surface area contributed by atoms with Gasteiger partial charge in [-0.15, -0.1) is 0 Å². The number of sulfone groups is 1. The molecule has 10 heteroatoms. The molecule has 29 heavy (non-hydrogen) atoms. The number of benzene rings is 1. The lowest BCUT2D eigenvalue weighted by Gasteiger charge is -2.17. The number of aromatic nitrogens is 4. The third kappa shape index (κ3) is 2.86. The zero-order chi connectivity index (χ0) is 20.3. The summed E-state index contributed by atoms with van der Waals surface area (Å²) in [5, 5.41) is 7.26. The predicted octanol–water partition coefficient (Wildman–Crippen LogP) is 1.10. The topological polar surface area (TPSA) is 111 Å². The molecule has 0 aliphatic carbocycles. The highest BCUT2D eigenvalue weighted by molar-refractivity contribution is 7.92. The van der Waals surface area contributed by atoms with Gasteiger partial charge in [0.25, 0.3) is 0 Å². The van der Waals surface area contributed by atoms with Crippen molar-refractivity contribution in [3.05, 3.63) is 47.9 Å². The predicted molar refractivity (Wildman–Crippen MR) is 102 cm³/mol. The van der Waals surface area contributed by atoms with Gasteiger partial charge < -0.3 is 9.42 Å². The maximum atomic E-state index is 13.1. The zero-order valence-electron chi connectivity index (χ0n) is 15.9. The number of rotatable bonds is 3. The van der Waals surface area contributed by atoms with Crippen molar-refractivity contribution < 1.29 is 17.7 Å². The van der Waals surface area contributed by atoms with Crippen LogP contribution in [-0.4, -0.2) is 57.5 Å². The third-order valence-corrected chi connectivity index (χ3v) is 7.90. The number of hydrogen-bond acceptors (Lipinski definition) is 7. The minimum absolute atomic E-state index is 0.0249. The van der Waals surface area contributed by atoms with Gasteiger partial charge >= 0.3 is 0 Å². The molecule has 1 fully saturated rings. The van der Waals surface area contributed by atoms with Gasteiger partial charge in [0.15, 0.2) is 15.7 Å². The third-order valence-electron chi connectivity index (χ3n) is 5.64. The molecule has 1 amide bonds. The van der Waals surface area contributed by atoms with E-state index >= 15 is 0 Å². The first-order valence-electron chi connectivity index (χ1n) is 9.27. The van der Waals surface area contributed by atoms with E-state index in [2.05, 4.69) is 15.2 Å². The van der Waals surface area contributed by atoms with Crippen LogP contribution in [0.1, 0.15) is 23.2 Å². The van der Waals surface area contributed by atoms with E-state index in [-0.39, 0.29) is 30.7 Å². The van der Waals surface area contributed by atoms with Crippen LogP contribution in [0.5, 0.6) is 0 Å². The van der Waals surface area contributed by atoms with Crippen molar-refractivity contribution in [1.29, 1.82) is 0 Å². The van der Waals surface area contributed by atoms with Crippen molar-refractivity contribution in [1.82, 2.24) is 24.8 Å². The molecule has 150 valence electrons. The van der Waals surface area contributed by atoms with Gasteiger partial charge in [-0.3, -0.25) is 9.48 Å². The summed E-state index contributed by atoms with van der Waals surface area (Å²) in [6.45, 7) is 2.22. The Morgan fingerprint density at radius 2 is 2.10 bits per heavy atom. The monoisotopic (exact) mass is 413 g/mol. The molecule has 4 heterocycles. The van der Waals surface area contributed by atoms with Gasteiger partial charge in [-0.2, -0.15) is 10.1 Å². The molecule has 9 nitrogen and oxygen atoms in total. The molecule has 0 N–H and O–H groups in total. The summed E-state index contributed by atoms with van der Waals surface area (Å²) in [5.41, 5.74) is 2.62. The normalized spacial score (nSPS) is 21.9. The van der Waals surface area contributed by atoms with E-state index in [0.717, 1.165) is 16.7 Å². The second kappa shape index (κ2) is 6.24. The average Bonchev–Trinajstić information content (AvgIpc) is 3.43. The number of nitrogens with zero attached hydrogens (tertiary/aromatic N) is 5. The van der Waals surface area contributed by atoms with E-state index in [9.17, 15) is 13.2 Å². The van der Waals surface area contributed by atoms with Gasteiger partial charge in [0.1, 0.15) is 6.42 Å². The van der Waals surface area contributed by atoms with Crippen LogP contribution in [0, 0.1) is 6.92 Å². The van der Waals surface area contributed by atoms with E-state index in [1.807, 2.05) is 25.4 Å². The fraction of sp³-hybridized carbons (Fsp3) is 0.368. The summed E-state index contributed by atoms with van der Waals surface area (Å²) < 4.78 is 32.8. The van der Waals surface area contributed by atoms with Crippen LogP contribution in [0.4, 0.5) is 0 Å². The van der Waals surface area contributed by atoms with E-state index in [1.54, 1.807) is 28.8 Å². The lowest BCUT2D eigenvalue weighted by atomic mass is 9.95. The molecular weight excluding hydrogens is 394 g/mol. The highest BCUT2D eigenvalue weighted by atomic mass is 32.2. The van der Waals surface area contributed by atoms with Crippen molar-refractivity contribution in [3.8, 4) is 11.1 Å². The Morgan fingerprint density at radius 1 is 1.28 bits per heavy atom. The Balaban J connectivity index is 1.44. The standard InChI is InChI=1S/C19H19N5O4S/c1-11-21-18(28-22-11)6-19(25)24-9-15-14-5-12(13-7-20-23(2)8-13)3-4-16(14)29(26,27)17(15)10-24/h3-5,7-8,15,17H,6,9-10H2,1-2H3/t15-,17+/m0/s1. The molecule has 5 rings (SSSR count). The van der Waals surface area contributed by atoms with Crippen LogP contribution >= 0.6 is 0 Å². The Hall–Kier alpha value is -3.01. The molecule has 0 radical (unpaired) electrons. The Labute approximate surface area is 167 Å². The first kappa shape index (κ1) is 18.0. The highest BCUT2D eigenvalue weighted by Gasteiger charge is 2.51. The second-order valence-corrected chi connectivity index (χ2v) is 9.69. The van der Waals surface area contributed by atoms with Gasteiger partial charge in [0.2, 0.25) is 11.8 Å². The number of fused-ring (bicyclic) bond motifs is 3. The zero-order valence-corrected chi connectivity index (χ0v) is 16.8. The SMILES string of the molecule is Cc1noc(CC(=O)N2C[C@@H]3[C@@H](C2)c2cc(-c4cnn(C)c4)ccc2S3(=O)=O)n1. The summed E-state index contributed by atoms with van der Waals surface area (Å²) in [4.78, 5) is 18.7. The van der Waals surface area contributed by atoms with Crippen LogP contribution in [-0.2, 0) is 28.1 Å². The van der Waals surface area contributed by atoms with Crippen molar-refractivity contribution in [3.63, 3.8) is 0 Å². The van der Waals surface area contributed by atoms with Gasteiger partial charge in [-0.1, -0.05) is 11.2 Å². The molecule has 1 aromatic carbocycles. The van der Waals surface area contributed by atoms with Gasteiger partial charge in [0.05, 0.1) is 16.3 Å². The maximum absolute atomic E-state index is 13.1. The number of amides is 1. The molecule has 2 aliphatic rings. The molecule has 2 atom stereocenters. The molecule has 0 bridgehead atoms. The summed E-state index contributed by atoms with van der Waals surface area (Å²) in [6, 6.07) is 5.41. The first-order valence-corrected chi connectivity index (χ1v) is 10.8. The average molecular weight is 413 g/mol. The quantitative estimate of drug-likeness (QED) is 0.632. The first-order chi connectivity index (χ1) is 13.8. The number of aryl methyl sites for hydroxylation is 2. The molecule has 2 aromatic heterocycles.